The minimum absolute atomic E-state index is 0.0370. The van der Waals surface area contributed by atoms with E-state index in [2.05, 4.69) is 4.98 Å². The van der Waals surface area contributed by atoms with Crippen LogP contribution in [-0.4, -0.2) is 40.2 Å². The fraction of sp³-hybridized carbons (Fsp3) is 0.500. The molecule has 0 aliphatic heterocycles. The average molecular weight is 415 g/mol. The molecule has 2 aromatic rings. The summed E-state index contributed by atoms with van der Waals surface area (Å²) in [6.45, 7) is 4.08. The van der Waals surface area contributed by atoms with Gasteiger partial charge < -0.3 is 26.8 Å². The fourth-order valence-electron chi connectivity index (χ4n) is 2.24. The molecule has 0 spiro atoms. The Morgan fingerprint density at radius 1 is 1.03 bits per heavy atom. The van der Waals surface area contributed by atoms with Crippen LogP contribution in [0, 0.1) is 0 Å². The number of amides is 2. The summed E-state index contributed by atoms with van der Waals surface area (Å²) in [7, 11) is 0. The monoisotopic (exact) mass is 415 g/mol. The van der Waals surface area contributed by atoms with Gasteiger partial charge in [-0.1, -0.05) is 12.1 Å². The third-order valence-corrected chi connectivity index (χ3v) is 3.36. The number of aromatic nitrogens is 1. The zero-order valence-electron chi connectivity index (χ0n) is 17.1. The number of oxazole rings is 1. The van der Waals surface area contributed by atoms with Crippen LogP contribution in [0.3, 0.4) is 0 Å². The van der Waals surface area contributed by atoms with Gasteiger partial charge in [0.25, 0.3) is 0 Å². The summed E-state index contributed by atoms with van der Waals surface area (Å²) < 4.78 is 54.6. The Hall–Kier alpha value is -2.72. The van der Waals surface area contributed by atoms with Crippen LogP contribution in [0.25, 0.3) is 11.1 Å². The predicted molar refractivity (Wildman–Crippen MR) is 101 cm³/mol. The molecule has 0 bridgehead atoms. The number of benzene rings is 1. The molecule has 0 unspecified atom stereocenters. The van der Waals surface area contributed by atoms with E-state index in [9.17, 15) is 22.5 Å². The van der Waals surface area contributed by atoms with Gasteiger partial charge >= 0.3 is 19.2 Å². The molecule has 160 valence electrons. The van der Waals surface area contributed by atoms with E-state index < -0.39 is 42.4 Å². The highest BCUT2D eigenvalue weighted by atomic mass is 19.4. The topological polar surface area (TPSA) is 81.9 Å². The van der Waals surface area contributed by atoms with E-state index in [-0.39, 0.29) is 17.0 Å². The lowest BCUT2D eigenvalue weighted by Crippen LogP contribution is -2.43. The normalized spacial score (nSPS) is 12.7. The first-order chi connectivity index (χ1) is 13.0. The van der Waals surface area contributed by atoms with Gasteiger partial charge in [0, 0.05) is 0 Å². The minimum atomic E-state index is -5.20. The molecular formula is C18H23BF3N2O5-. The van der Waals surface area contributed by atoms with Crippen molar-refractivity contribution in [2.24, 2.45) is 0 Å². The SMILES string of the molecule is CC(C)(C)OC(=O)N(Cc1nc2cc([B-](F)(F)F)ccc2o1)C(=O)OC(C)(C)C. The number of imide groups is 1. The first-order valence-corrected chi connectivity index (χ1v) is 8.88. The van der Waals surface area contributed by atoms with E-state index >= 15 is 0 Å². The molecule has 0 atom stereocenters. The molecule has 0 saturated heterocycles. The average Bonchev–Trinajstić information content (AvgIpc) is 2.89. The van der Waals surface area contributed by atoms with Gasteiger partial charge in [-0.05, 0) is 47.6 Å². The number of nitrogens with zero attached hydrogens (tertiary/aromatic N) is 2. The molecule has 7 nitrogen and oxygen atoms in total. The lowest BCUT2D eigenvalue weighted by atomic mass is 9.80. The highest BCUT2D eigenvalue weighted by Crippen LogP contribution is 2.21. The first-order valence-electron chi connectivity index (χ1n) is 8.88. The van der Waals surface area contributed by atoms with Crippen molar-refractivity contribution < 1.29 is 36.4 Å². The van der Waals surface area contributed by atoms with Crippen LogP contribution in [0.1, 0.15) is 47.4 Å². The molecule has 11 heteroatoms. The van der Waals surface area contributed by atoms with E-state index in [1.165, 1.54) is 0 Å². The summed E-state index contributed by atoms with van der Waals surface area (Å²) in [5.74, 6) is -0.136. The van der Waals surface area contributed by atoms with E-state index in [0.717, 1.165) is 18.2 Å². The number of hydrogen-bond donors (Lipinski definition) is 0. The Morgan fingerprint density at radius 2 is 1.55 bits per heavy atom. The quantitative estimate of drug-likeness (QED) is 0.684. The summed E-state index contributed by atoms with van der Waals surface area (Å²) in [5, 5.41) is 0. The zero-order valence-corrected chi connectivity index (χ0v) is 17.1. The van der Waals surface area contributed by atoms with Crippen LogP contribution >= 0.6 is 0 Å². The van der Waals surface area contributed by atoms with Gasteiger partial charge in [-0.15, -0.1) is 5.46 Å². The summed E-state index contributed by atoms with van der Waals surface area (Å²) in [6.07, 6.45) is -1.98. The number of carbonyl (C=O) groups is 2. The molecule has 0 aliphatic carbocycles. The maximum atomic E-state index is 12.9. The van der Waals surface area contributed by atoms with Gasteiger partial charge in [-0.25, -0.2) is 19.5 Å². The highest BCUT2D eigenvalue weighted by molar-refractivity contribution is 6.73. The lowest BCUT2D eigenvalue weighted by Gasteiger charge is -2.27. The predicted octanol–water partition coefficient (Wildman–Crippen LogP) is 4.55. The smallest absolute Gasteiger partial charge is 0.445 e. The van der Waals surface area contributed by atoms with Crippen molar-refractivity contribution >= 4 is 35.7 Å². The van der Waals surface area contributed by atoms with E-state index in [0.29, 0.717) is 4.90 Å². The van der Waals surface area contributed by atoms with Crippen molar-refractivity contribution in [3.05, 3.63) is 24.1 Å². The Balaban J connectivity index is 2.34. The van der Waals surface area contributed by atoms with Crippen LogP contribution in [0.5, 0.6) is 0 Å². The second kappa shape index (κ2) is 7.60. The number of rotatable bonds is 3. The van der Waals surface area contributed by atoms with Gasteiger partial charge in [0.2, 0.25) is 5.89 Å². The van der Waals surface area contributed by atoms with Crippen LogP contribution in [0.2, 0.25) is 0 Å². The summed E-state index contributed by atoms with van der Waals surface area (Å²) in [5.41, 5.74) is -2.54. The molecule has 0 saturated carbocycles. The molecule has 0 fully saturated rings. The largest absolute Gasteiger partial charge is 0.509 e. The third-order valence-electron chi connectivity index (χ3n) is 3.36. The van der Waals surface area contributed by atoms with Gasteiger partial charge in [0.15, 0.2) is 5.58 Å². The Morgan fingerprint density at radius 3 is 2.00 bits per heavy atom. The van der Waals surface area contributed by atoms with Gasteiger partial charge in [-0.2, -0.15) is 0 Å². The van der Waals surface area contributed by atoms with Crippen molar-refractivity contribution in [3.8, 4) is 0 Å². The Kier molecular flexibility index (Phi) is 5.92. The number of carbonyl (C=O) groups excluding carboxylic acids is 2. The number of ether oxygens (including phenoxy) is 2. The standard InChI is InChI=1S/C18H23BF3N2O5/c1-17(2,3)28-15(25)24(16(26)29-18(4,5)6)10-14-23-12-9-11(19(20,21)22)7-8-13(12)27-14/h7-9H,10H2,1-6H3/q-1. The summed E-state index contributed by atoms with van der Waals surface area (Å²) in [6, 6.07) is 2.88. The molecule has 29 heavy (non-hydrogen) atoms. The molecule has 0 radical (unpaired) electrons. The van der Waals surface area contributed by atoms with Crippen molar-refractivity contribution in [1.82, 2.24) is 9.88 Å². The van der Waals surface area contributed by atoms with Gasteiger partial charge in [0.1, 0.15) is 23.3 Å². The third kappa shape index (κ3) is 6.40. The van der Waals surface area contributed by atoms with Crippen LogP contribution < -0.4 is 5.46 Å². The highest BCUT2D eigenvalue weighted by Gasteiger charge is 2.33. The van der Waals surface area contributed by atoms with Gasteiger partial charge in [0.05, 0.1) is 0 Å². The summed E-state index contributed by atoms with van der Waals surface area (Å²) >= 11 is 0. The zero-order chi connectivity index (χ0) is 22.2. The van der Waals surface area contributed by atoms with Crippen LogP contribution in [-0.2, 0) is 16.0 Å². The molecule has 0 aliphatic rings. The van der Waals surface area contributed by atoms with Crippen molar-refractivity contribution in [3.63, 3.8) is 0 Å². The number of halogens is 3. The van der Waals surface area contributed by atoms with E-state index in [1.807, 2.05) is 0 Å². The van der Waals surface area contributed by atoms with Gasteiger partial charge in [-0.3, -0.25) is 0 Å². The van der Waals surface area contributed by atoms with Crippen molar-refractivity contribution in [2.75, 3.05) is 0 Å². The molecule has 0 N–H and O–H groups in total. The second-order valence-corrected chi connectivity index (χ2v) is 8.46. The number of hydrogen-bond acceptors (Lipinski definition) is 6. The summed E-state index contributed by atoms with van der Waals surface area (Å²) in [4.78, 5) is 29.6. The molecule has 2 rings (SSSR count). The molecule has 1 aromatic carbocycles. The van der Waals surface area contributed by atoms with E-state index in [1.54, 1.807) is 41.5 Å². The van der Waals surface area contributed by atoms with Crippen LogP contribution in [0.4, 0.5) is 22.5 Å². The maximum absolute atomic E-state index is 12.9. The minimum Gasteiger partial charge on any atom is -0.445 e. The Labute approximate surface area is 166 Å². The fourth-order valence-corrected chi connectivity index (χ4v) is 2.24. The molecule has 1 aromatic heterocycles. The van der Waals surface area contributed by atoms with Crippen LogP contribution in [0.15, 0.2) is 22.6 Å². The van der Waals surface area contributed by atoms with Crippen molar-refractivity contribution in [2.45, 2.75) is 59.3 Å². The molecular weight excluding hydrogens is 392 g/mol. The first kappa shape index (κ1) is 22.6. The number of fused-ring (bicyclic) bond motifs is 1. The maximum Gasteiger partial charge on any atom is 0.509 e. The molecule has 2 amide bonds. The second-order valence-electron chi connectivity index (χ2n) is 8.46. The van der Waals surface area contributed by atoms with E-state index in [4.69, 9.17) is 13.9 Å². The van der Waals surface area contributed by atoms with Crippen molar-refractivity contribution in [1.29, 1.82) is 0 Å². The lowest BCUT2D eigenvalue weighted by molar-refractivity contribution is -0.00168. The molecule has 1 heterocycles. The Bertz CT molecular complexity index is 885.